The molecule has 1 aromatic heterocycles. The van der Waals surface area contributed by atoms with E-state index in [1.54, 1.807) is 0 Å². The molecule has 0 saturated carbocycles. The number of pyridine rings is 1. The maximum atomic E-state index is 11.5. The molecule has 1 aliphatic carbocycles. The highest BCUT2D eigenvalue weighted by molar-refractivity contribution is 5.82. The van der Waals surface area contributed by atoms with Gasteiger partial charge in [0.05, 0.1) is 23.8 Å². The molecule has 3 fully saturated rings. The van der Waals surface area contributed by atoms with Gasteiger partial charge in [0, 0.05) is 24.2 Å². The number of nitrogens with zero attached hydrogens (tertiary/aromatic N) is 2. The number of hydrogen-bond donors (Lipinski definition) is 1. The molecule has 4 heterocycles. The monoisotopic (exact) mass is 448 g/mol. The van der Waals surface area contributed by atoms with Crippen LogP contribution in [0.1, 0.15) is 71.0 Å². The van der Waals surface area contributed by atoms with Crippen LogP contribution in [0.4, 0.5) is 0 Å². The van der Waals surface area contributed by atoms with Crippen LogP contribution < -0.4 is 0 Å². The first kappa shape index (κ1) is 23.0. The number of allylic oxidation sites excluding steroid dienone is 2. The summed E-state index contributed by atoms with van der Waals surface area (Å²) in [4.78, 5) is 7.28. The fraction of sp³-hybridized carbons (Fsp3) is 0.621. The van der Waals surface area contributed by atoms with Crippen molar-refractivity contribution in [1.82, 2.24) is 9.88 Å². The number of aliphatic hydroxyl groups is 1. The second kappa shape index (κ2) is 9.48. The van der Waals surface area contributed by atoms with E-state index in [0.29, 0.717) is 12.6 Å². The van der Waals surface area contributed by atoms with E-state index in [4.69, 9.17) is 4.74 Å². The quantitative estimate of drug-likeness (QED) is 0.535. The average molecular weight is 449 g/mol. The van der Waals surface area contributed by atoms with Crippen molar-refractivity contribution in [3.05, 3.63) is 53.7 Å². The van der Waals surface area contributed by atoms with Gasteiger partial charge in [-0.25, -0.2) is 0 Å². The molecule has 33 heavy (non-hydrogen) atoms. The molecule has 2 bridgehead atoms. The Morgan fingerprint density at radius 3 is 2.82 bits per heavy atom. The van der Waals surface area contributed by atoms with Gasteiger partial charge in [0.2, 0.25) is 0 Å². The number of para-hydroxylation sites is 1. The fourth-order valence-corrected chi connectivity index (χ4v) is 6.64. The summed E-state index contributed by atoms with van der Waals surface area (Å²) in [5.74, 6) is 1.85. The number of rotatable bonds is 7. The lowest BCUT2D eigenvalue weighted by Crippen LogP contribution is -2.56. The molecule has 1 N–H and O–H groups in total. The predicted octanol–water partition coefficient (Wildman–Crippen LogP) is 5.91. The Balaban J connectivity index is 1.43. The van der Waals surface area contributed by atoms with Crippen LogP contribution in [-0.2, 0) is 4.74 Å². The molecule has 6 rings (SSSR count). The third kappa shape index (κ3) is 4.62. The van der Waals surface area contributed by atoms with Gasteiger partial charge >= 0.3 is 0 Å². The Hall–Kier alpha value is -1.75. The minimum absolute atomic E-state index is 0.0501. The van der Waals surface area contributed by atoms with E-state index in [-0.39, 0.29) is 12.0 Å². The molecule has 178 valence electrons. The van der Waals surface area contributed by atoms with Crippen molar-refractivity contribution in [2.75, 3.05) is 19.7 Å². The number of aromatic nitrogens is 1. The van der Waals surface area contributed by atoms with Gasteiger partial charge < -0.3 is 9.84 Å². The molecular formula is C29H40N2O2. The van der Waals surface area contributed by atoms with E-state index >= 15 is 0 Å². The molecule has 4 heteroatoms. The van der Waals surface area contributed by atoms with Crippen LogP contribution in [0.3, 0.4) is 0 Å². The normalized spacial score (nSPS) is 32.4. The smallest absolute Gasteiger partial charge is 0.0988 e. The maximum Gasteiger partial charge on any atom is 0.0988 e. The van der Waals surface area contributed by atoms with Gasteiger partial charge in [0.15, 0.2) is 0 Å². The minimum atomic E-state index is -0.826. The number of fused-ring (bicyclic) bond motifs is 4. The van der Waals surface area contributed by atoms with Crippen molar-refractivity contribution in [3.63, 3.8) is 0 Å². The van der Waals surface area contributed by atoms with E-state index < -0.39 is 5.60 Å². The van der Waals surface area contributed by atoms with Crippen molar-refractivity contribution >= 4 is 10.9 Å². The maximum absolute atomic E-state index is 11.5. The molecule has 3 saturated heterocycles. The van der Waals surface area contributed by atoms with E-state index in [9.17, 15) is 5.11 Å². The highest BCUT2D eigenvalue weighted by Crippen LogP contribution is 2.44. The fourth-order valence-electron chi connectivity index (χ4n) is 6.64. The van der Waals surface area contributed by atoms with Crippen LogP contribution in [0.25, 0.3) is 10.9 Å². The molecule has 2 unspecified atom stereocenters. The lowest BCUT2D eigenvalue weighted by molar-refractivity contribution is -0.133. The first-order valence-corrected chi connectivity index (χ1v) is 13.0. The Labute approximate surface area is 199 Å². The lowest BCUT2D eigenvalue weighted by Gasteiger charge is -2.52. The lowest BCUT2D eigenvalue weighted by atomic mass is 9.72. The van der Waals surface area contributed by atoms with Crippen molar-refractivity contribution in [2.45, 2.75) is 77.0 Å². The molecule has 1 aromatic carbocycles. The number of benzene rings is 1. The van der Waals surface area contributed by atoms with Crippen molar-refractivity contribution in [1.29, 1.82) is 0 Å². The summed E-state index contributed by atoms with van der Waals surface area (Å²) in [5.41, 5.74) is 2.86. The second-order valence-corrected chi connectivity index (χ2v) is 11.0. The Kier molecular flexibility index (Phi) is 6.61. The average Bonchev–Trinajstić information content (AvgIpc) is 2.85. The summed E-state index contributed by atoms with van der Waals surface area (Å²) in [5, 5.41) is 12.6. The summed E-state index contributed by atoms with van der Waals surface area (Å²) in [6.45, 7) is 9.23. The predicted molar refractivity (Wildman–Crippen MR) is 134 cm³/mol. The third-order valence-corrected chi connectivity index (χ3v) is 8.87. The van der Waals surface area contributed by atoms with Crippen molar-refractivity contribution in [2.24, 2.45) is 17.8 Å². The van der Waals surface area contributed by atoms with Gasteiger partial charge in [-0.15, -0.1) is 0 Å². The van der Waals surface area contributed by atoms with Gasteiger partial charge in [-0.1, -0.05) is 43.2 Å². The molecule has 2 aromatic rings. The highest BCUT2D eigenvalue weighted by atomic mass is 16.5. The zero-order valence-corrected chi connectivity index (χ0v) is 20.5. The Morgan fingerprint density at radius 1 is 1.24 bits per heavy atom. The molecule has 7 atom stereocenters. The number of ether oxygens (including phenoxy) is 1. The first-order chi connectivity index (χ1) is 16.0. The zero-order valence-electron chi connectivity index (χ0n) is 20.5. The van der Waals surface area contributed by atoms with Crippen LogP contribution in [0.5, 0.6) is 0 Å². The summed E-state index contributed by atoms with van der Waals surface area (Å²) in [7, 11) is 0. The molecule has 4 aliphatic rings. The van der Waals surface area contributed by atoms with Gasteiger partial charge in [0.1, 0.15) is 0 Å². The van der Waals surface area contributed by atoms with Gasteiger partial charge in [-0.3, -0.25) is 9.88 Å². The molecule has 0 amide bonds. The second-order valence-electron chi connectivity index (χ2n) is 11.0. The zero-order chi connectivity index (χ0) is 23.0. The largest absolute Gasteiger partial charge is 0.387 e. The Morgan fingerprint density at radius 2 is 2.09 bits per heavy atom. The van der Waals surface area contributed by atoms with E-state index in [2.05, 4.69) is 60.1 Å². The molecular weight excluding hydrogens is 408 g/mol. The SMILES string of the molecule is CC[C@H]1CN2CC[C@H]1C[C@@H]2[C@@H](OCC(C)(O)[C@@H]1CC=C(C)CC1)c1ccnc2ccccc12. The standard InChI is InChI=1S/C29H40N2O2/c1-4-21-18-31-16-14-22(21)17-27(31)28(25-13-15-30-26-8-6-5-7-24(25)26)33-19-29(3,32)23-11-9-20(2)10-12-23/h5-9,13,15,21-23,27-28,32H,4,10-12,14,16-19H2,1-3H3/t21-,22-,23+,27+,28-,29?/m0/s1. The van der Waals surface area contributed by atoms with Crippen LogP contribution in [0.2, 0.25) is 0 Å². The van der Waals surface area contributed by atoms with E-state index in [0.717, 1.165) is 43.2 Å². The van der Waals surface area contributed by atoms with E-state index in [1.165, 1.54) is 42.3 Å². The summed E-state index contributed by atoms with van der Waals surface area (Å²) >= 11 is 0. The van der Waals surface area contributed by atoms with Crippen LogP contribution >= 0.6 is 0 Å². The molecule has 0 spiro atoms. The highest BCUT2D eigenvalue weighted by Gasteiger charge is 2.44. The molecule has 4 nitrogen and oxygen atoms in total. The van der Waals surface area contributed by atoms with Gasteiger partial charge in [0.25, 0.3) is 0 Å². The van der Waals surface area contributed by atoms with Crippen molar-refractivity contribution < 1.29 is 9.84 Å². The van der Waals surface area contributed by atoms with Crippen LogP contribution in [-0.4, -0.2) is 46.3 Å². The minimum Gasteiger partial charge on any atom is -0.387 e. The summed E-state index contributed by atoms with van der Waals surface area (Å²) in [6, 6.07) is 10.9. The van der Waals surface area contributed by atoms with Gasteiger partial charge in [-0.2, -0.15) is 0 Å². The first-order valence-electron chi connectivity index (χ1n) is 13.0. The Bertz CT molecular complexity index is 995. The van der Waals surface area contributed by atoms with E-state index in [1.807, 2.05) is 13.1 Å². The van der Waals surface area contributed by atoms with Gasteiger partial charge in [-0.05, 0) is 87.9 Å². The number of hydrogen-bond acceptors (Lipinski definition) is 4. The molecule has 0 radical (unpaired) electrons. The third-order valence-electron chi connectivity index (χ3n) is 8.87. The van der Waals surface area contributed by atoms with Crippen LogP contribution in [0, 0.1) is 17.8 Å². The number of piperidine rings is 3. The summed E-state index contributed by atoms with van der Waals surface area (Å²) in [6.07, 6.45) is 11.0. The van der Waals surface area contributed by atoms with Crippen molar-refractivity contribution in [3.8, 4) is 0 Å². The topological polar surface area (TPSA) is 45.6 Å². The molecule has 3 aliphatic heterocycles. The van der Waals surface area contributed by atoms with Crippen LogP contribution in [0.15, 0.2) is 48.2 Å². The summed E-state index contributed by atoms with van der Waals surface area (Å²) < 4.78 is 6.80.